The summed E-state index contributed by atoms with van der Waals surface area (Å²) in [5.41, 5.74) is 0.170. The van der Waals surface area contributed by atoms with E-state index in [2.05, 4.69) is 9.72 Å². The summed E-state index contributed by atoms with van der Waals surface area (Å²) in [5.74, 6) is -0.536. The highest BCUT2D eigenvalue weighted by molar-refractivity contribution is 5.92. The Kier molecular flexibility index (Phi) is 3.09. The minimum atomic E-state index is -0.577. The molecule has 1 heterocycles. The van der Waals surface area contributed by atoms with Crippen LogP contribution >= 0.6 is 0 Å². The number of methoxy groups -OCH3 is 1. The van der Waals surface area contributed by atoms with E-state index in [0.29, 0.717) is 5.88 Å². The Labute approximate surface area is 97.0 Å². The number of esters is 1. The third-order valence-corrected chi connectivity index (χ3v) is 2.14. The van der Waals surface area contributed by atoms with Gasteiger partial charge in [0.25, 0.3) is 0 Å². The first-order valence-electron chi connectivity index (χ1n) is 4.90. The number of H-pyrrole nitrogens is 1. The van der Waals surface area contributed by atoms with Crippen molar-refractivity contribution in [2.24, 2.45) is 0 Å². The molecule has 0 atom stereocenters. The fourth-order valence-corrected chi connectivity index (χ4v) is 1.36. The van der Waals surface area contributed by atoms with Gasteiger partial charge in [-0.1, -0.05) is 0 Å². The van der Waals surface area contributed by atoms with Gasteiger partial charge in [-0.2, -0.15) is 0 Å². The highest BCUT2D eigenvalue weighted by atomic mass is 19.1. The first-order valence-corrected chi connectivity index (χ1v) is 4.90. The number of hydrogen-bond donors (Lipinski definition) is 1. The van der Waals surface area contributed by atoms with E-state index < -0.39 is 11.8 Å². The molecule has 1 N–H and O–H groups in total. The van der Waals surface area contributed by atoms with Crippen molar-refractivity contribution in [2.75, 3.05) is 7.11 Å². The van der Waals surface area contributed by atoms with E-state index in [1.54, 1.807) is 18.3 Å². The largest absolute Gasteiger partial charge is 0.465 e. The molecule has 2 rings (SSSR count). The average Bonchev–Trinajstić information content (AvgIpc) is 2.81. The highest BCUT2D eigenvalue weighted by Gasteiger charge is 2.14. The SMILES string of the molecule is COC(=O)c1ccc(F)cc1Oc1ccc[nH]1. The van der Waals surface area contributed by atoms with Crippen LogP contribution in [-0.4, -0.2) is 18.1 Å². The Morgan fingerprint density at radius 1 is 1.35 bits per heavy atom. The van der Waals surface area contributed by atoms with Gasteiger partial charge in [0.1, 0.15) is 17.1 Å². The highest BCUT2D eigenvalue weighted by Crippen LogP contribution is 2.25. The van der Waals surface area contributed by atoms with E-state index in [1.807, 2.05) is 0 Å². The Morgan fingerprint density at radius 2 is 2.18 bits per heavy atom. The van der Waals surface area contributed by atoms with E-state index in [0.717, 1.165) is 6.07 Å². The number of carbonyl (C=O) groups is 1. The quantitative estimate of drug-likeness (QED) is 0.832. The van der Waals surface area contributed by atoms with E-state index >= 15 is 0 Å². The number of aromatic amines is 1. The molecule has 4 nitrogen and oxygen atoms in total. The van der Waals surface area contributed by atoms with Gasteiger partial charge in [0, 0.05) is 18.3 Å². The average molecular weight is 235 g/mol. The van der Waals surface area contributed by atoms with Gasteiger partial charge in [-0.3, -0.25) is 0 Å². The number of aromatic nitrogens is 1. The predicted octanol–water partition coefficient (Wildman–Crippen LogP) is 2.73. The Bertz CT molecular complexity index is 523. The summed E-state index contributed by atoms with van der Waals surface area (Å²) in [6.45, 7) is 0. The number of hydrogen-bond acceptors (Lipinski definition) is 3. The van der Waals surface area contributed by atoms with Gasteiger partial charge >= 0.3 is 5.97 Å². The molecule has 88 valence electrons. The Hall–Kier alpha value is -2.30. The Balaban J connectivity index is 2.36. The molecule has 0 aliphatic carbocycles. The van der Waals surface area contributed by atoms with Crippen molar-refractivity contribution in [1.29, 1.82) is 0 Å². The van der Waals surface area contributed by atoms with Gasteiger partial charge in [0.2, 0.25) is 0 Å². The van der Waals surface area contributed by atoms with Gasteiger partial charge in [0.15, 0.2) is 5.88 Å². The molecular weight excluding hydrogens is 225 g/mol. The lowest BCUT2D eigenvalue weighted by Gasteiger charge is -2.08. The molecule has 0 saturated carbocycles. The molecule has 2 aromatic rings. The van der Waals surface area contributed by atoms with E-state index in [9.17, 15) is 9.18 Å². The summed E-state index contributed by atoms with van der Waals surface area (Å²) in [7, 11) is 1.25. The second kappa shape index (κ2) is 4.69. The van der Waals surface area contributed by atoms with Crippen molar-refractivity contribution >= 4 is 5.97 Å². The zero-order valence-electron chi connectivity index (χ0n) is 9.07. The second-order valence-corrected chi connectivity index (χ2v) is 3.27. The topological polar surface area (TPSA) is 51.3 Å². The monoisotopic (exact) mass is 235 g/mol. The minimum absolute atomic E-state index is 0.110. The first-order chi connectivity index (χ1) is 8.20. The van der Waals surface area contributed by atoms with E-state index in [-0.39, 0.29) is 11.3 Å². The zero-order valence-corrected chi connectivity index (χ0v) is 9.07. The summed E-state index contributed by atoms with van der Waals surface area (Å²) in [6, 6.07) is 7.01. The lowest BCUT2D eigenvalue weighted by Crippen LogP contribution is -2.04. The molecule has 5 heteroatoms. The molecular formula is C12H10FNO3. The number of nitrogens with one attached hydrogen (secondary N) is 1. The molecule has 0 fully saturated rings. The molecule has 0 amide bonds. The predicted molar refractivity (Wildman–Crippen MR) is 58.6 cm³/mol. The summed E-state index contributed by atoms with van der Waals surface area (Å²) in [4.78, 5) is 14.2. The maximum atomic E-state index is 13.1. The fraction of sp³-hybridized carbons (Fsp3) is 0.0833. The normalized spacial score (nSPS) is 10.0. The van der Waals surface area contributed by atoms with Crippen molar-refractivity contribution in [2.45, 2.75) is 0 Å². The van der Waals surface area contributed by atoms with Crippen LogP contribution in [0, 0.1) is 5.82 Å². The molecule has 0 aliphatic heterocycles. The molecule has 0 unspecified atom stereocenters. The molecule has 0 bridgehead atoms. The summed E-state index contributed by atoms with van der Waals surface area (Å²) in [5, 5.41) is 0. The van der Waals surface area contributed by atoms with Gasteiger partial charge in [0.05, 0.1) is 7.11 Å². The number of ether oxygens (including phenoxy) is 2. The van der Waals surface area contributed by atoms with Crippen molar-refractivity contribution in [3.05, 3.63) is 47.9 Å². The molecule has 0 spiro atoms. The summed E-state index contributed by atoms with van der Waals surface area (Å²) in [6.07, 6.45) is 1.66. The third-order valence-electron chi connectivity index (χ3n) is 2.14. The van der Waals surface area contributed by atoms with Crippen LogP contribution in [0.15, 0.2) is 36.5 Å². The maximum absolute atomic E-state index is 13.1. The van der Waals surface area contributed by atoms with Crippen LogP contribution in [0.3, 0.4) is 0 Å². The molecule has 17 heavy (non-hydrogen) atoms. The standard InChI is InChI=1S/C12H10FNO3/c1-16-12(15)9-5-4-8(13)7-10(9)17-11-3-2-6-14-11/h2-7,14H,1H3. The van der Waals surface area contributed by atoms with Crippen LogP contribution < -0.4 is 4.74 Å². The lowest BCUT2D eigenvalue weighted by molar-refractivity contribution is 0.0598. The fourth-order valence-electron chi connectivity index (χ4n) is 1.36. The number of rotatable bonds is 3. The minimum Gasteiger partial charge on any atom is -0.465 e. The number of carbonyl (C=O) groups excluding carboxylic acids is 1. The number of halogens is 1. The van der Waals surface area contributed by atoms with Gasteiger partial charge in [-0.25, -0.2) is 9.18 Å². The van der Waals surface area contributed by atoms with Crippen LogP contribution in [0.25, 0.3) is 0 Å². The molecule has 1 aromatic carbocycles. The molecule has 0 saturated heterocycles. The Morgan fingerprint density at radius 3 is 2.82 bits per heavy atom. The van der Waals surface area contributed by atoms with Gasteiger partial charge in [-0.15, -0.1) is 0 Å². The van der Waals surface area contributed by atoms with Gasteiger partial charge in [-0.05, 0) is 18.2 Å². The maximum Gasteiger partial charge on any atom is 0.341 e. The molecule has 1 aromatic heterocycles. The van der Waals surface area contributed by atoms with Crippen LogP contribution in [0.5, 0.6) is 11.6 Å². The van der Waals surface area contributed by atoms with Crippen LogP contribution in [0.2, 0.25) is 0 Å². The van der Waals surface area contributed by atoms with Crippen LogP contribution in [0.4, 0.5) is 4.39 Å². The third kappa shape index (κ3) is 2.44. The van der Waals surface area contributed by atoms with Gasteiger partial charge < -0.3 is 14.5 Å². The lowest BCUT2D eigenvalue weighted by atomic mass is 10.2. The van der Waals surface area contributed by atoms with Crippen LogP contribution in [-0.2, 0) is 4.74 Å². The second-order valence-electron chi connectivity index (χ2n) is 3.27. The first kappa shape index (κ1) is 11.2. The molecule has 0 radical (unpaired) electrons. The van der Waals surface area contributed by atoms with E-state index in [1.165, 1.54) is 19.2 Å². The zero-order chi connectivity index (χ0) is 12.3. The van der Waals surface area contributed by atoms with Crippen molar-refractivity contribution in [1.82, 2.24) is 4.98 Å². The van der Waals surface area contributed by atoms with Crippen molar-refractivity contribution in [3.8, 4) is 11.6 Å². The summed E-state index contributed by atoms with van der Waals surface area (Å²) < 4.78 is 23.0. The van der Waals surface area contributed by atoms with E-state index in [4.69, 9.17) is 4.74 Å². The number of benzene rings is 1. The van der Waals surface area contributed by atoms with Crippen molar-refractivity contribution < 1.29 is 18.7 Å². The molecule has 0 aliphatic rings. The smallest absolute Gasteiger partial charge is 0.341 e. The van der Waals surface area contributed by atoms with Crippen LogP contribution in [0.1, 0.15) is 10.4 Å². The van der Waals surface area contributed by atoms with Crippen molar-refractivity contribution in [3.63, 3.8) is 0 Å². The summed E-state index contributed by atoms with van der Waals surface area (Å²) >= 11 is 0.